The van der Waals surface area contributed by atoms with Crippen LogP contribution in [0.15, 0.2) is 48.5 Å². The average Bonchev–Trinajstić information content (AvgIpc) is 3.28. The van der Waals surface area contributed by atoms with E-state index in [1.165, 1.54) is 18.4 Å². The average molecular weight is 380 g/mol. The SMILES string of the molecule is COc1cccc(C(CNC(=O)C2COc3ccccc3C2)N2CCCC2)c1. The van der Waals surface area contributed by atoms with E-state index < -0.39 is 0 Å². The van der Waals surface area contributed by atoms with Crippen molar-refractivity contribution in [3.63, 3.8) is 0 Å². The molecule has 0 aliphatic carbocycles. The molecular weight excluding hydrogens is 352 g/mol. The van der Waals surface area contributed by atoms with Gasteiger partial charge in [0.25, 0.3) is 0 Å². The van der Waals surface area contributed by atoms with Gasteiger partial charge in [-0.25, -0.2) is 0 Å². The molecule has 0 aromatic heterocycles. The highest BCUT2D eigenvalue weighted by atomic mass is 16.5. The van der Waals surface area contributed by atoms with Gasteiger partial charge in [-0.05, 0) is 61.7 Å². The second-order valence-electron chi connectivity index (χ2n) is 7.60. The van der Waals surface area contributed by atoms with Crippen molar-refractivity contribution in [2.24, 2.45) is 5.92 Å². The van der Waals surface area contributed by atoms with E-state index in [4.69, 9.17) is 9.47 Å². The van der Waals surface area contributed by atoms with Crippen LogP contribution in [0.1, 0.15) is 30.0 Å². The summed E-state index contributed by atoms with van der Waals surface area (Å²) in [5.41, 5.74) is 2.30. The Morgan fingerprint density at radius 1 is 1.21 bits per heavy atom. The first-order valence-corrected chi connectivity index (χ1v) is 10.1. The molecule has 1 amide bonds. The van der Waals surface area contributed by atoms with Gasteiger partial charge in [0.2, 0.25) is 5.91 Å². The summed E-state index contributed by atoms with van der Waals surface area (Å²) in [7, 11) is 1.69. The van der Waals surface area contributed by atoms with Crippen molar-refractivity contribution in [2.75, 3.05) is 33.4 Å². The molecule has 2 aromatic carbocycles. The van der Waals surface area contributed by atoms with Crippen molar-refractivity contribution < 1.29 is 14.3 Å². The van der Waals surface area contributed by atoms with Crippen LogP contribution in [0.4, 0.5) is 0 Å². The first-order chi connectivity index (χ1) is 13.7. The zero-order chi connectivity index (χ0) is 19.3. The van der Waals surface area contributed by atoms with Gasteiger partial charge in [0.15, 0.2) is 0 Å². The van der Waals surface area contributed by atoms with Crippen LogP contribution in [0, 0.1) is 5.92 Å². The predicted molar refractivity (Wildman–Crippen MR) is 109 cm³/mol. The van der Waals surface area contributed by atoms with Gasteiger partial charge in [-0.2, -0.15) is 0 Å². The van der Waals surface area contributed by atoms with E-state index in [0.29, 0.717) is 13.2 Å². The maximum Gasteiger partial charge on any atom is 0.226 e. The van der Waals surface area contributed by atoms with Crippen LogP contribution >= 0.6 is 0 Å². The number of carbonyl (C=O) groups is 1. The quantitative estimate of drug-likeness (QED) is 0.836. The maximum absolute atomic E-state index is 12.8. The number of ether oxygens (including phenoxy) is 2. The fraction of sp³-hybridized carbons (Fsp3) is 0.435. The highest BCUT2D eigenvalue weighted by molar-refractivity contribution is 5.79. The van der Waals surface area contributed by atoms with Crippen LogP contribution in [0.5, 0.6) is 11.5 Å². The van der Waals surface area contributed by atoms with Crippen molar-refractivity contribution >= 4 is 5.91 Å². The highest BCUT2D eigenvalue weighted by Gasteiger charge is 2.28. The Labute approximate surface area is 166 Å². The molecule has 2 heterocycles. The van der Waals surface area contributed by atoms with E-state index in [9.17, 15) is 4.79 Å². The molecule has 0 spiro atoms. The summed E-state index contributed by atoms with van der Waals surface area (Å²) < 4.78 is 11.2. The van der Waals surface area contributed by atoms with Gasteiger partial charge >= 0.3 is 0 Å². The number of para-hydroxylation sites is 1. The highest BCUT2D eigenvalue weighted by Crippen LogP contribution is 2.29. The van der Waals surface area contributed by atoms with Gasteiger partial charge in [0.05, 0.1) is 19.1 Å². The Morgan fingerprint density at radius 2 is 2.04 bits per heavy atom. The van der Waals surface area contributed by atoms with Crippen LogP contribution in [0.25, 0.3) is 0 Å². The number of amides is 1. The zero-order valence-corrected chi connectivity index (χ0v) is 16.4. The lowest BCUT2D eigenvalue weighted by atomic mass is 9.96. The van der Waals surface area contributed by atoms with Crippen molar-refractivity contribution in [2.45, 2.75) is 25.3 Å². The number of fused-ring (bicyclic) bond motifs is 1. The van der Waals surface area contributed by atoms with Crippen molar-refractivity contribution in [1.29, 1.82) is 0 Å². The minimum Gasteiger partial charge on any atom is -0.497 e. The third-order valence-electron chi connectivity index (χ3n) is 5.78. The van der Waals surface area contributed by atoms with Crippen molar-refractivity contribution in [1.82, 2.24) is 10.2 Å². The number of nitrogens with one attached hydrogen (secondary N) is 1. The molecule has 0 bridgehead atoms. The Kier molecular flexibility index (Phi) is 5.81. The smallest absolute Gasteiger partial charge is 0.226 e. The van der Waals surface area contributed by atoms with E-state index >= 15 is 0 Å². The van der Waals surface area contributed by atoms with Crippen LogP contribution in [-0.4, -0.2) is 44.2 Å². The summed E-state index contributed by atoms with van der Waals surface area (Å²) in [5.74, 6) is 1.68. The van der Waals surface area contributed by atoms with Gasteiger partial charge < -0.3 is 14.8 Å². The van der Waals surface area contributed by atoms with Crippen molar-refractivity contribution in [3.8, 4) is 11.5 Å². The van der Waals surface area contributed by atoms with E-state index in [0.717, 1.165) is 36.6 Å². The number of hydrogen-bond acceptors (Lipinski definition) is 4. The van der Waals surface area contributed by atoms with Crippen LogP contribution in [-0.2, 0) is 11.2 Å². The minimum atomic E-state index is -0.139. The number of hydrogen-bond donors (Lipinski definition) is 1. The topological polar surface area (TPSA) is 50.8 Å². The van der Waals surface area contributed by atoms with Crippen LogP contribution in [0.3, 0.4) is 0 Å². The summed E-state index contributed by atoms with van der Waals surface area (Å²) in [6.07, 6.45) is 3.15. The molecule has 0 radical (unpaired) electrons. The Hall–Kier alpha value is -2.53. The molecule has 5 heteroatoms. The molecule has 5 nitrogen and oxygen atoms in total. The number of nitrogens with zero attached hydrogens (tertiary/aromatic N) is 1. The second-order valence-corrected chi connectivity index (χ2v) is 7.60. The Morgan fingerprint density at radius 3 is 2.86 bits per heavy atom. The van der Waals surface area contributed by atoms with Crippen molar-refractivity contribution in [3.05, 3.63) is 59.7 Å². The minimum absolute atomic E-state index is 0.0709. The molecule has 2 unspecified atom stereocenters. The molecule has 1 N–H and O–H groups in total. The number of carbonyl (C=O) groups excluding carboxylic acids is 1. The Bertz CT molecular complexity index is 817. The first-order valence-electron chi connectivity index (χ1n) is 10.1. The van der Waals surface area contributed by atoms with E-state index in [-0.39, 0.29) is 17.9 Å². The molecule has 2 aromatic rings. The largest absolute Gasteiger partial charge is 0.497 e. The molecule has 2 atom stereocenters. The zero-order valence-electron chi connectivity index (χ0n) is 16.4. The van der Waals surface area contributed by atoms with Crippen LogP contribution in [0.2, 0.25) is 0 Å². The summed E-state index contributed by atoms with van der Waals surface area (Å²) in [6, 6.07) is 16.3. The lowest BCUT2D eigenvalue weighted by Crippen LogP contribution is -2.42. The maximum atomic E-state index is 12.8. The molecule has 28 heavy (non-hydrogen) atoms. The van der Waals surface area contributed by atoms with E-state index in [2.05, 4.69) is 22.3 Å². The molecule has 1 saturated heterocycles. The summed E-state index contributed by atoms with van der Waals surface area (Å²) in [5, 5.41) is 3.19. The molecule has 0 saturated carbocycles. The number of methoxy groups -OCH3 is 1. The van der Waals surface area contributed by atoms with Gasteiger partial charge in [-0.1, -0.05) is 30.3 Å². The lowest BCUT2D eigenvalue weighted by molar-refractivity contribution is -0.126. The van der Waals surface area contributed by atoms with Gasteiger partial charge in [0.1, 0.15) is 18.1 Å². The van der Waals surface area contributed by atoms with Gasteiger partial charge in [0, 0.05) is 6.54 Å². The molecule has 2 aliphatic heterocycles. The molecule has 148 valence electrons. The molecular formula is C23H28N2O3. The third-order valence-corrected chi connectivity index (χ3v) is 5.78. The number of rotatable bonds is 6. The number of likely N-dealkylation sites (tertiary alicyclic amines) is 1. The third kappa shape index (κ3) is 4.14. The van der Waals surface area contributed by atoms with E-state index in [1.54, 1.807) is 7.11 Å². The fourth-order valence-electron chi connectivity index (χ4n) is 4.20. The lowest BCUT2D eigenvalue weighted by Gasteiger charge is -2.30. The Balaban J connectivity index is 1.43. The molecule has 1 fully saturated rings. The standard InChI is InChI=1S/C23H28N2O3/c1-27-20-9-6-8-17(14-20)21(25-11-4-5-12-25)15-24-23(26)19-13-18-7-2-3-10-22(18)28-16-19/h2-3,6-10,14,19,21H,4-5,11-13,15-16H2,1H3,(H,24,26). The normalized spacial score (nSPS) is 20.1. The second kappa shape index (κ2) is 8.65. The van der Waals surface area contributed by atoms with E-state index in [1.807, 2.05) is 36.4 Å². The summed E-state index contributed by atoms with van der Waals surface area (Å²) in [6.45, 7) is 3.18. The molecule has 2 aliphatic rings. The number of benzene rings is 2. The monoisotopic (exact) mass is 380 g/mol. The summed E-state index contributed by atoms with van der Waals surface area (Å²) in [4.78, 5) is 15.3. The molecule has 4 rings (SSSR count). The van der Waals surface area contributed by atoms with Gasteiger partial charge in [-0.3, -0.25) is 9.69 Å². The first kappa shape index (κ1) is 18.8. The van der Waals surface area contributed by atoms with Crippen LogP contribution < -0.4 is 14.8 Å². The van der Waals surface area contributed by atoms with Gasteiger partial charge in [-0.15, -0.1) is 0 Å². The summed E-state index contributed by atoms with van der Waals surface area (Å²) >= 11 is 0. The fourth-order valence-corrected chi connectivity index (χ4v) is 4.20. The predicted octanol–water partition coefficient (Wildman–Crippen LogP) is 3.20.